The van der Waals surface area contributed by atoms with Crippen molar-refractivity contribution in [1.29, 1.82) is 0 Å². The normalized spacial score (nSPS) is 15.3. The van der Waals surface area contributed by atoms with Crippen molar-refractivity contribution < 1.29 is 22.7 Å². The van der Waals surface area contributed by atoms with Gasteiger partial charge in [-0.3, -0.25) is 4.79 Å². The molecule has 162 valence electrons. The minimum Gasteiger partial charge on any atom is -0.373 e. The first kappa shape index (κ1) is 21.5. The largest absolute Gasteiger partial charge is 0.416 e. The molecule has 1 saturated heterocycles. The van der Waals surface area contributed by atoms with E-state index in [1.165, 1.54) is 17.4 Å². The highest BCUT2D eigenvalue weighted by molar-refractivity contribution is 7.13. The summed E-state index contributed by atoms with van der Waals surface area (Å²) >= 11 is 1.17. The first-order valence-corrected chi connectivity index (χ1v) is 10.9. The maximum Gasteiger partial charge on any atom is 0.416 e. The molecule has 4 nitrogen and oxygen atoms in total. The minimum absolute atomic E-state index is 0.0976. The van der Waals surface area contributed by atoms with Gasteiger partial charge in [-0.15, -0.1) is 11.3 Å². The molecule has 0 unspecified atom stereocenters. The highest BCUT2D eigenvalue weighted by Gasteiger charge is 2.31. The van der Waals surface area contributed by atoms with E-state index in [1.807, 2.05) is 30.3 Å². The number of thiazole rings is 1. The van der Waals surface area contributed by atoms with Crippen LogP contribution in [0.15, 0.2) is 60.0 Å². The number of halogens is 3. The number of carbonyl (C=O) groups excluding carboxylic acids is 1. The Morgan fingerprint density at radius 1 is 1.10 bits per heavy atom. The number of piperidine rings is 1. The van der Waals surface area contributed by atoms with E-state index in [2.05, 4.69) is 4.98 Å². The van der Waals surface area contributed by atoms with E-state index in [4.69, 9.17) is 4.74 Å². The van der Waals surface area contributed by atoms with Crippen molar-refractivity contribution in [1.82, 2.24) is 9.88 Å². The van der Waals surface area contributed by atoms with E-state index in [0.29, 0.717) is 30.3 Å². The lowest BCUT2D eigenvalue weighted by atomic mass is 10.1. The van der Waals surface area contributed by atoms with Crippen LogP contribution in [0.5, 0.6) is 0 Å². The topological polar surface area (TPSA) is 42.4 Å². The predicted molar refractivity (Wildman–Crippen MR) is 113 cm³/mol. The quantitative estimate of drug-likeness (QED) is 0.509. The molecule has 2 heterocycles. The summed E-state index contributed by atoms with van der Waals surface area (Å²) in [5.74, 6) is -0.198. The number of nitrogens with zero attached hydrogens (tertiary/aromatic N) is 2. The average molecular weight is 446 g/mol. The van der Waals surface area contributed by atoms with E-state index in [1.54, 1.807) is 16.3 Å². The van der Waals surface area contributed by atoms with Gasteiger partial charge in [0.15, 0.2) is 0 Å². The Hall–Kier alpha value is -2.71. The molecule has 0 radical (unpaired) electrons. The van der Waals surface area contributed by atoms with Crippen LogP contribution in [0.2, 0.25) is 0 Å². The summed E-state index contributed by atoms with van der Waals surface area (Å²) in [6, 6.07) is 14.9. The number of aromatic nitrogens is 1. The smallest absolute Gasteiger partial charge is 0.373 e. The van der Waals surface area contributed by atoms with Crippen molar-refractivity contribution in [2.75, 3.05) is 13.1 Å². The summed E-state index contributed by atoms with van der Waals surface area (Å²) in [7, 11) is 0. The standard InChI is InChI=1S/C23H21F3N2O2S/c24-23(25,26)18-8-4-7-17(13-18)21-27-20(15-31-21)22(29)28-11-9-19(10-12-28)30-14-16-5-2-1-3-6-16/h1-8,13,15,19H,9-12,14H2. The van der Waals surface area contributed by atoms with Gasteiger partial charge in [-0.1, -0.05) is 42.5 Å². The van der Waals surface area contributed by atoms with Crippen molar-refractivity contribution in [3.8, 4) is 10.6 Å². The number of benzene rings is 2. The number of amides is 1. The third-order valence-electron chi connectivity index (χ3n) is 5.22. The number of hydrogen-bond donors (Lipinski definition) is 0. The minimum atomic E-state index is -4.42. The number of alkyl halides is 3. The first-order valence-electron chi connectivity index (χ1n) is 9.98. The second kappa shape index (κ2) is 9.20. The van der Waals surface area contributed by atoms with Crippen LogP contribution < -0.4 is 0 Å². The van der Waals surface area contributed by atoms with Gasteiger partial charge in [-0.25, -0.2) is 4.98 Å². The molecule has 2 aromatic carbocycles. The number of carbonyl (C=O) groups is 1. The zero-order valence-corrected chi connectivity index (χ0v) is 17.5. The van der Waals surface area contributed by atoms with Gasteiger partial charge in [-0.05, 0) is 30.5 Å². The molecule has 0 spiro atoms. The van der Waals surface area contributed by atoms with E-state index >= 15 is 0 Å². The van der Waals surface area contributed by atoms with Crippen molar-refractivity contribution in [3.63, 3.8) is 0 Å². The molecule has 3 aromatic rings. The van der Waals surface area contributed by atoms with Crippen LogP contribution in [0.4, 0.5) is 13.2 Å². The Morgan fingerprint density at radius 3 is 2.55 bits per heavy atom. The molecule has 31 heavy (non-hydrogen) atoms. The van der Waals surface area contributed by atoms with Crippen LogP contribution in [-0.2, 0) is 17.5 Å². The molecule has 0 bridgehead atoms. The molecule has 1 fully saturated rings. The fraction of sp³-hybridized carbons (Fsp3) is 0.304. The lowest BCUT2D eigenvalue weighted by molar-refractivity contribution is -0.137. The van der Waals surface area contributed by atoms with Crippen LogP contribution in [0.3, 0.4) is 0 Å². The van der Waals surface area contributed by atoms with Crippen LogP contribution in [-0.4, -0.2) is 35.0 Å². The summed E-state index contributed by atoms with van der Waals surface area (Å²) in [4.78, 5) is 18.8. The summed E-state index contributed by atoms with van der Waals surface area (Å²) in [5, 5.41) is 2.01. The summed E-state index contributed by atoms with van der Waals surface area (Å²) in [6.07, 6.45) is -2.84. The Bertz CT molecular complexity index is 1030. The van der Waals surface area contributed by atoms with Crippen LogP contribution in [0, 0.1) is 0 Å². The maximum absolute atomic E-state index is 13.0. The highest BCUT2D eigenvalue weighted by Crippen LogP contribution is 2.33. The van der Waals surface area contributed by atoms with Gasteiger partial charge in [0, 0.05) is 24.0 Å². The lowest BCUT2D eigenvalue weighted by Gasteiger charge is -2.31. The number of hydrogen-bond acceptors (Lipinski definition) is 4. The molecule has 1 aliphatic rings. The Morgan fingerprint density at radius 2 is 1.84 bits per heavy atom. The summed E-state index contributed by atoms with van der Waals surface area (Å²) in [6.45, 7) is 1.68. The SMILES string of the molecule is O=C(c1csc(-c2cccc(C(F)(F)F)c2)n1)N1CCC(OCc2ccccc2)CC1. The molecule has 8 heteroatoms. The van der Waals surface area contributed by atoms with Gasteiger partial charge in [0.1, 0.15) is 10.7 Å². The molecular formula is C23H21F3N2O2S. The fourth-order valence-corrected chi connectivity index (χ4v) is 4.30. The number of ether oxygens (including phenoxy) is 1. The van der Waals surface area contributed by atoms with E-state index < -0.39 is 11.7 Å². The van der Waals surface area contributed by atoms with Crippen LogP contribution in [0.1, 0.15) is 34.5 Å². The van der Waals surface area contributed by atoms with Gasteiger partial charge < -0.3 is 9.64 Å². The molecule has 0 saturated carbocycles. The maximum atomic E-state index is 13.0. The van der Waals surface area contributed by atoms with Crippen LogP contribution in [0.25, 0.3) is 10.6 Å². The van der Waals surface area contributed by atoms with E-state index in [-0.39, 0.29) is 17.7 Å². The van der Waals surface area contributed by atoms with Gasteiger partial charge in [0.05, 0.1) is 18.3 Å². The average Bonchev–Trinajstić information content (AvgIpc) is 3.28. The Kier molecular flexibility index (Phi) is 6.38. The predicted octanol–water partition coefficient (Wildman–Crippen LogP) is 5.65. The Balaban J connectivity index is 1.34. The molecule has 0 N–H and O–H groups in total. The molecule has 0 atom stereocenters. The molecule has 1 amide bonds. The zero-order chi connectivity index (χ0) is 21.8. The monoisotopic (exact) mass is 446 g/mol. The van der Waals surface area contributed by atoms with Gasteiger partial charge in [-0.2, -0.15) is 13.2 Å². The van der Waals surface area contributed by atoms with Crippen molar-refractivity contribution in [2.24, 2.45) is 0 Å². The lowest BCUT2D eigenvalue weighted by Crippen LogP contribution is -2.41. The second-order valence-corrected chi connectivity index (χ2v) is 8.26. The van der Waals surface area contributed by atoms with Gasteiger partial charge in [0.2, 0.25) is 0 Å². The zero-order valence-electron chi connectivity index (χ0n) is 16.6. The second-order valence-electron chi connectivity index (χ2n) is 7.40. The molecule has 1 aromatic heterocycles. The highest BCUT2D eigenvalue weighted by atomic mass is 32.1. The summed E-state index contributed by atoms with van der Waals surface area (Å²) in [5.41, 5.74) is 1.00. The van der Waals surface area contributed by atoms with Crippen LogP contribution >= 0.6 is 11.3 Å². The third-order valence-corrected chi connectivity index (χ3v) is 6.11. The number of likely N-dealkylation sites (tertiary alicyclic amines) is 1. The molecule has 0 aliphatic carbocycles. The van der Waals surface area contributed by atoms with Crippen molar-refractivity contribution in [3.05, 3.63) is 76.8 Å². The third kappa shape index (κ3) is 5.32. The van der Waals surface area contributed by atoms with E-state index in [9.17, 15) is 18.0 Å². The van der Waals surface area contributed by atoms with Crippen molar-refractivity contribution in [2.45, 2.75) is 31.7 Å². The molecule has 4 rings (SSSR count). The Labute approximate surface area is 182 Å². The molecule has 1 aliphatic heterocycles. The van der Waals surface area contributed by atoms with Crippen molar-refractivity contribution >= 4 is 17.2 Å². The van der Waals surface area contributed by atoms with Gasteiger partial charge in [0.25, 0.3) is 5.91 Å². The summed E-state index contributed by atoms with van der Waals surface area (Å²) < 4.78 is 44.8. The van der Waals surface area contributed by atoms with E-state index in [0.717, 1.165) is 30.5 Å². The fourth-order valence-electron chi connectivity index (χ4n) is 3.51. The van der Waals surface area contributed by atoms with Gasteiger partial charge >= 0.3 is 6.18 Å². The molecular weight excluding hydrogens is 425 g/mol. The first-order chi connectivity index (χ1) is 14.9. The number of rotatable bonds is 5.